The Bertz CT molecular complexity index is 864. The maximum absolute atomic E-state index is 13.1. The van der Waals surface area contributed by atoms with Crippen LogP contribution < -0.4 is 16.2 Å². The quantitative estimate of drug-likeness (QED) is 0.614. The summed E-state index contributed by atoms with van der Waals surface area (Å²) in [5, 5.41) is 11.7. The van der Waals surface area contributed by atoms with Crippen molar-refractivity contribution in [3.8, 4) is 5.75 Å². The highest BCUT2D eigenvalue weighted by molar-refractivity contribution is 6.40. The van der Waals surface area contributed by atoms with E-state index in [1.807, 2.05) is 5.32 Å². The topological polar surface area (TPSA) is 49.3 Å². The Hall–Kier alpha value is -2.58. The molecule has 0 radical (unpaired) electrons. The van der Waals surface area contributed by atoms with Gasteiger partial charge in [-0.15, -0.1) is 0 Å². The Labute approximate surface area is 145 Å². The zero-order valence-electron chi connectivity index (χ0n) is 13.5. The molecule has 0 fully saturated rings. The van der Waals surface area contributed by atoms with Gasteiger partial charge < -0.3 is 10.4 Å². The van der Waals surface area contributed by atoms with Gasteiger partial charge in [0.15, 0.2) is 0 Å². The highest BCUT2D eigenvalue weighted by Gasteiger charge is 2.37. The number of halogens is 6. The molecular weight excluding hydrogens is 362 g/mol. The zero-order chi connectivity index (χ0) is 19.9. The highest BCUT2D eigenvalue weighted by atomic mass is 19.4. The van der Waals surface area contributed by atoms with Crippen LogP contribution in [0.3, 0.4) is 0 Å². The van der Waals surface area contributed by atoms with Crippen LogP contribution in [0.25, 0.3) is 0 Å². The lowest BCUT2D eigenvalue weighted by molar-refractivity contribution is -0.140. The monoisotopic (exact) mass is 373 g/mol. The van der Waals surface area contributed by atoms with Crippen molar-refractivity contribution in [2.75, 3.05) is 5.32 Å². The number of benzene rings is 2. The van der Waals surface area contributed by atoms with Gasteiger partial charge in [-0.1, -0.05) is 17.6 Å². The van der Waals surface area contributed by atoms with Crippen molar-refractivity contribution in [2.24, 2.45) is 0 Å². The standard InChI is InChI=1S/C15H11B2F6NO2/c16-7-4-8(12(25)10(17)5-7)13(26)24-11-3-6(14(18,19)20)1-2-9(11)15(21,22)23/h1-5,25H,16-17H2,(H,24,26). The molecule has 2 aromatic carbocycles. The summed E-state index contributed by atoms with van der Waals surface area (Å²) in [6, 6.07) is 3.50. The first-order chi connectivity index (χ1) is 11.8. The van der Waals surface area contributed by atoms with Gasteiger partial charge in [-0.25, -0.2) is 0 Å². The first-order valence-electron chi connectivity index (χ1n) is 7.20. The van der Waals surface area contributed by atoms with Gasteiger partial charge in [0.2, 0.25) is 0 Å². The van der Waals surface area contributed by atoms with Gasteiger partial charge in [0.25, 0.3) is 5.91 Å². The molecule has 0 atom stereocenters. The van der Waals surface area contributed by atoms with Crippen molar-refractivity contribution in [2.45, 2.75) is 12.4 Å². The third-order valence-corrected chi connectivity index (χ3v) is 3.59. The van der Waals surface area contributed by atoms with E-state index in [0.717, 1.165) is 0 Å². The number of alkyl halides is 6. The second kappa shape index (κ2) is 6.62. The average Bonchev–Trinajstić information content (AvgIpc) is 2.48. The van der Waals surface area contributed by atoms with Crippen molar-refractivity contribution < 1.29 is 36.2 Å². The fraction of sp³-hybridized carbons (Fsp3) is 0.133. The predicted molar refractivity (Wildman–Crippen MR) is 88.9 cm³/mol. The number of phenolic OH excluding ortho intramolecular Hbond substituents is 1. The fourth-order valence-corrected chi connectivity index (χ4v) is 2.39. The molecular formula is C15H11B2F6NO2. The van der Waals surface area contributed by atoms with Crippen molar-refractivity contribution in [3.05, 3.63) is 47.0 Å². The maximum atomic E-state index is 13.1. The minimum atomic E-state index is -4.97. The van der Waals surface area contributed by atoms with Crippen LogP contribution in [0.15, 0.2) is 30.3 Å². The van der Waals surface area contributed by atoms with Gasteiger partial charge in [0, 0.05) is 0 Å². The van der Waals surface area contributed by atoms with Gasteiger partial charge in [-0.3, -0.25) is 4.79 Å². The summed E-state index contributed by atoms with van der Waals surface area (Å²) in [5.74, 6) is -1.62. The summed E-state index contributed by atoms with van der Waals surface area (Å²) >= 11 is 0. The van der Waals surface area contributed by atoms with E-state index in [4.69, 9.17) is 0 Å². The first-order valence-corrected chi connectivity index (χ1v) is 7.20. The van der Waals surface area contributed by atoms with Gasteiger partial charge in [0.1, 0.15) is 21.4 Å². The zero-order valence-corrected chi connectivity index (χ0v) is 13.5. The smallest absolute Gasteiger partial charge is 0.418 e. The molecule has 2 rings (SSSR count). The van der Waals surface area contributed by atoms with Crippen LogP contribution in [0, 0.1) is 0 Å². The lowest BCUT2D eigenvalue weighted by Gasteiger charge is -2.17. The molecule has 0 aliphatic carbocycles. The average molecular weight is 373 g/mol. The molecule has 3 nitrogen and oxygen atoms in total. The van der Waals surface area contributed by atoms with Crippen molar-refractivity contribution in [1.82, 2.24) is 0 Å². The normalized spacial score (nSPS) is 12.1. The van der Waals surface area contributed by atoms with Crippen LogP contribution in [0.5, 0.6) is 5.75 Å². The maximum Gasteiger partial charge on any atom is 0.418 e. The van der Waals surface area contributed by atoms with Crippen LogP contribution >= 0.6 is 0 Å². The second-order valence-electron chi connectivity index (χ2n) is 5.69. The highest BCUT2D eigenvalue weighted by Crippen LogP contribution is 2.39. The van der Waals surface area contributed by atoms with E-state index in [2.05, 4.69) is 0 Å². The molecule has 2 N–H and O–H groups in total. The molecule has 0 saturated heterocycles. The van der Waals surface area contributed by atoms with E-state index in [1.54, 1.807) is 7.85 Å². The molecule has 0 saturated carbocycles. The largest absolute Gasteiger partial charge is 0.508 e. The van der Waals surface area contributed by atoms with Crippen molar-refractivity contribution in [1.29, 1.82) is 0 Å². The molecule has 136 valence electrons. The first kappa shape index (κ1) is 19.7. The Balaban J connectivity index is 2.52. The molecule has 11 heteroatoms. The van der Waals surface area contributed by atoms with E-state index in [-0.39, 0.29) is 23.8 Å². The number of phenols is 1. The van der Waals surface area contributed by atoms with Crippen LogP contribution in [0.1, 0.15) is 21.5 Å². The third kappa shape index (κ3) is 4.14. The number of anilines is 1. The van der Waals surface area contributed by atoms with Crippen LogP contribution in [-0.2, 0) is 12.4 Å². The molecule has 26 heavy (non-hydrogen) atoms. The molecule has 0 heterocycles. The number of hydrogen-bond donors (Lipinski definition) is 2. The molecule has 0 unspecified atom stereocenters. The Morgan fingerprint density at radius 1 is 0.962 bits per heavy atom. The molecule has 0 bridgehead atoms. The van der Waals surface area contributed by atoms with Crippen LogP contribution in [0.4, 0.5) is 32.0 Å². The number of amides is 1. The molecule has 2 aromatic rings. The number of carbonyl (C=O) groups is 1. The molecule has 0 spiro atoms. The SMILES string of the molecule is Bc1cc(B)c(O)c(C(=O)Nc2cc(C(F)(F)F)ccc2C(F)(F)F)c1. The molecule has 1 amide bonds. The van der Waals surface area contributed by atoms with Gasteiger partial charge in [-0.05, 0) is 23.7 Å². The number of rotatable bonds is 2. The number of carbonyl (C=O) groups excluding carboxylic acids is 1. The minimum absolute atomic E-state index is 0.209. The Kier molecular flexibility index (Phi) is 5.03. The van der Waals surface area contributed by atoms with Gasteiger partial charge in [0.05, 0.1) is 22.4 Å². The summed E-state index contributed by atoms with van der Waals surface area (Å²) in [6.45, 7) is 0. The van der Waals surface area contributed by atoms with Crippen molar-refractivity contribution in [3.63, 3.8) is 0 Å². The van der Waals surface area contributed by atoms with Crippen LogP contribution in [0.2, 0.25) is 0 Å². The second-order valence-corrected chi connectivity index (χ2v) is 5.69. The lowest BCUT2D eigenvalue weighted by Crippen LogP contribution is -2.23. The summed E-state index contributed by atoms with van der Waals surface area (Å²) in [4.78, 5) is 12.3. The predicted octanol–water partition coefficient (Wildman–Crippen LogP) is 1.20. The van der Waals surface area contributed by atoms with E-state index in [0.29, 0.717) is 10.9 Å². The van der Waals surface area contributed by atoms with E-state index >= 15 is 0 Å². The summed E-state index contributed by atoms with van der Waals surface area (Å²) in [5.41, 5.74) is -3.31. The summed E-state index contributed by atoms with van der Waals surface area (Å²) in [7, 11) is 3.07. The Morgan fingerprint density at radius 3 is 2.12 bits per heavy atom. The lowest BCUT2D eigenvalue weighted by atomic mass is 9.84. The van der Waals surface area contributed by atoms with Crippen LogP contribution in [-0.4, -0.2) is 26.7 Å². The number of hydrogen-bond acceptors (Lipinski definition) is 2. The van der Waals surface area contributed by atoms with E-state index in [1.165, 1.54) is 20.0 Å². The van der Waals surface area contributed by atoms with E-state index < -0.39 is 40.8 Å². The van der Waals surface area contributed by atoms with Crippen molar-refractivity contribution >= 4 is 38.2 Å². The number of aromatic hydroxyl groups is 1. The summed E-state index contributed by atoms with van der Waals surface area (Å²) in [6.07, 6.45) is -9.86. The molecule has 0 aromatic heterocycles. The minimum Gasteiger partial charge on any atom is -0.508 e. The van der Waals surface area contributed by atoms with Gasteiger partial charge in [-0.2, -0.15) is 26.3 Å². The van der Waals surface area contributed by atoms with Gasteiger partial charge >= 0.3 is 12.4 Å². The number of nitrogens with one attached hydrogen (secondary N) is 1. The fourth-order valence-electron chi connectivity index (χ4n) is 2.39. The molecule has 0 aliphatic rings. The third-order valence-electron chi connectivity index (χ3n) is 3.59. The Morgan fingerprint density at radius 2 is 1.58 bits per heavy atom. The van der Waals surface area contributed by atoms with E-state index in [9.17, 15) is 36.2 Å². The molecule has 0 aliphatic heterocycles. The summed E-state index contributed by atoms with van der Waals surface area (Å²) < 4.78 is 77.5.